The third-order valence-corrected chi connectivity index (χ3v) is 6.95. The zero-order valence-corrected chi connectivity index (χ0v) is 20.7. The van der Waals surface area contributed by atoms with Crippen LogP contribution in [0.15, 0.2) is 53.8 Å². The number of nitrogens with zero attached hydrogens (tertiary/aromatic N) is 4. The Balaban J connectivity index is 1.48. The molecule has 0 fully saturated rings. The van der Waals surface area contributed by atoms with Gasteiger partial charge in [0.15, 0.2) is 0 Å². The van der Waals surface area contributed by atoms with Crippen molar-refractivity contribution in [1.29, 1.82) is 0 Å². The largest absolute Gasteiger partial charge is 0.385 e. The molecule has 0 saturated carbocycles. The Labute approximate surface area is 206 Å². The van der Waals surface area contributed by atoms with E-state index in [0.717, 1.165) is 15.3 Å². The number of hydrogen-bond donors (Lipinski definition) is 2. The molecule has 0 aliphatic heterocycles. The van der Waals surface area contributed by atoms with Gasteiger partial charge < -0.3 is 19.6 Å². The molecule has 0 bridgehead atoms. The fourth-order valence-corrected chi connectivity index (χ4v) is 5.05. The Kier molecular flexibility index (Phi) is 7.18. The van der Waals surface area contributed by atoms with Gasteiger partial charge in [-0.2, -0.15) is 0 Å². The molecular formula is C24H26ClN5O3S. The summed E-state index contributed by atoms with van der Waals surface area (Å²) in [6, 6.07) is 9.01. The fraction of sp³-hybridized carbons (Fsp3) is 0.292. The van der Waals surface area contributed by atoms with E-state index in [0.29, 0.717) is 35.7 Å². The average Bonchev–Trinajstić information content (AvgIpc) is 3.42. The number of fused-ring (bicyclic) bond motifs is 1. The normalized spacial score (nSPS) is 12.4. The molecule has 1 amide bonds. The van der Waals surface area contributed by atoms with Gasteiger partial charge >= 0.3 is 0 Å². The van der Waals surface area contributed by atoms with E-state index in [4.69, 9.17) is 11.6 Å². The van der Waals surface area contributed by atoms with E-state index in [1.165, 1.54) is 11.3 Å². The molecule has 1 atom stereocenters. The number of halogens is 1. The van der Waals surface area contributed by atoms with Gasteiger partial charge in [0.05, 0.1) is 17.4 Å². The van der Waals surface area contributed by atoms with E-state index in [2.05, 4.69) is 10.3 Å². The van der Waals surface area contributed by atoms with Gasteiger partial charge in [0.1, 0.15) is 16.5 Å². The lowest BCUT2D eigenvalue weighted by atomic mass is 10.2. The van der Waals surface area contributed by atoms with Gasteiger partial charge in [-0.25, -0.2) is 4.98 Å². The average molecular weight is 500 g/mol. The van der Waals surface area contributed by atoms with Crippen LogP contribution in [0, 0.1) is 0 Å². The standard InChI is InChI=1S/C24H26ClN5O3S/c1-28(13-21(31)20-12-29(2)14-27-20)10-17-8-18-22(32)19(11-30(3)24(18)34-17)23(33)26-9-15-4-6-16(25)7-5-15/h4-8,11-12,14,21,31H,9-10,13H2,1-3H3,(H,26,33). The molecule has 4 rings (SSSR count). The third kappa shape index (κ3) is 5.39. The molecule has 2 N–H and O–H groups in total. The molecular weight excluding hydrogens is 474 g/mol. The van der Waals surface area contributed by atoms with Crippen LogP contribution < -0.4 is 10.7 Å². The first-order valence-electron chi connectivity index (χ1n) is 10.7. The second kappa shape index (κ2) is 10.1. The summed E-state index contributed by atoms with van der Waals surface area (Å²) in [5.74, 6) is -0.416. The summed E-state index contributed by atoms with van der Waals surface area (Å²) >= 11 is 7.40. The molecule has 4 aromatic rings. The van der Waals surface area contributed by atoms with Crippen molar-refractivity contribution in [3.8, 4) is 0 Å². The van der Waals surface area contributed by atoms with Gasteiger partial charge in [0.2, 0.25) is 5.43 Å². The van der Waals surface area contributed by atoms with E-state index in [-0.39, 0.29) is 11.0 Å². The van der Waals surface area contributed by atoms with Crippen LogP contribution >= 0.6 is 22.9 Å². The SMILES string of the molecule is CN(Cc1cc2c(=O)c(C(=O)NCc3ccc(Cl)cc3)cn(C)c2s1)CC(O)c1cn(C)cn1. The van der Waals surface area contributed by atoms with Crippen LogP contribution in [0.5, 0.6) is 0 Å². The van der Waals surface area contributed by atoms with Gasteiger partial charge in [-0.3, -0.25) is 14.5 Å². The van der Waals surface area contributed by atoms with Crippen LogP contribution in [-0.2, 0) is 27.2 Å². The maximum absolute atomic E-state index is 13.1. The second-order valence-electron chi connectivity index (χ2n) is 8.40. The van der Waals surface area contributed by atoms with Crippen molar-refractivity contribution in [1.82, 2.24) is 24.3 Å². The number of rotatable bonds is 8. The molecule has 0 aliphatic carbocycles. The third-order valence-electron chi connectivity index (χ3n) is 5.48. The van der Waals surface area contributed by atoms with Crippen LogP contribution in [0.2, 0.25) is 5.02 Å². The lowest BCUT2D eigenvalue weighted by Crippen LogP contribution is -2.29. The van der Waals surface area contributed by atoms with E-state index < -0.39 is 12.0 Å². The van der Waals surface area contributed by atoms with Gasteiger partial charge in [0.25, 0.3) is 5.91 Å². The number of likely N-dealkylation sites (N-methyl/N-ethyl adjacent to an activating group) is 1. The van der Waals surface area contributed by atoms with Crippen LogP contribution in [0.25, 0.3) is 10.2 Å². The van der Waals surface area contributed by atoms with Crippen molar-refractivity contribution in [3.63, 3.8) is 0 Å². The zero-order valence-electron chi connectivity index (χ0n) is 19.2. The predicted molar refractivity (Wildman–Crippen MR) is 134 cm³/mol. The molecule has 8 nitrogen and oxygen atoms in total. The van der Waals surface area contributed by atoms with Crippen molar-refractivity contribution in [2.45, 2.75) is 19.2 Å². The van der Waals surface area contributed by atoms with Gasteiger partial charge in [-0.1, -0.05) is 23.7 Å². The quantitative estimate of drug-likeness (QED) is 0.388. The number of amides is 1. The van der Waals surface area contributed by atoms with Gasteiger partial charge in [0, 0.05) is 56.0 Å². The maximum Gasteiger partial charge on any atom is 0.257 e. The van der Waals surface area contributed by atoms with Gasteiger partial charge in [-0.15, -0.1) is 11.3 Å². The fourth-order valence-electron chi connectivity index (χ4n) is 3.76. The van der Waals surface area contributed by atoms with E-state index >= 15 is 0 Å². The number of hydrogen-bond acceptors (Lipinski definition) is 6. The second-order valence-corrected chi connectivity index (χ2v) is 9.95. The minimum Gasteiger partial charge on any atom is -0.385 e. The van der Waals surface area contributed by atoms with E-state index in [1.54, 1.807) is 35.4 Å². The minimum absolute atomic E-state index is 0.104. The summed E-state index contributed by atoms with van der Waals surface area (Å²) in [5.41, 5.74) is 1.32. The monoisotopic (exact) mass is 499 g/mol. The number of thiophene rings is 1. The lowest BCUT2D eigenvalue weighted by Gasteiger charge is -2.18. The molecule has 3 aromatic heterocycles. The Morgan fingerprint density at radius 2 is 2.00 bits per heavy atom. The van der Waals surface area contributed by atoms with Crippen molar-refractivity contribution in [2.24, 2.45) is 14.1 Å². The van der Waals surface area contributed by atoms with Crippen molar-refractivity contribution < 1.29 is 9.90 Å². The number of aryl methyl sites for hydroxylation is 2. The molecule has 1 unspecified atom stereocenters. The Morgan fingerprint density at radius 3 is 2.68 bits per heavy atom. The highest BCUT2D eigenvalue weighted by molar-refractivity contribution is 7.18. The summed E-state index contributed by atoms with van der Waals surface area (Å²) in [4.78, 5) is 33.8. The number of aliphatic hydroxyl groups excluding tert-OH is 1. The highest BCUT2D eigenvalue weighted by Crippen LogP contribution is 2.25. The molecule has 34 heavy (non-hydrogen) atoms. The summed E-state index contributed by atoms with van der Waals surface area (Å²) in [6.45, 7) is 1.26. The lowest BCUT2D eigenvalue weighted by molar-refractivity contribution is 0.0949. The Morgan fingerprint density at radius 1 is 1.26 bits per heavy atom. The molecule has 0 saturated heterocycles. The topological polar surface area (TPSA) is 92.4 Å². The molecule has 1 aromatic carbocycles. The predicted octanol–water partition coefficient (Wildman–Crippen LogP) is 3.08. The van der Waals surface area contributed by atoms with Crippen molar-refractivity contribution >= 4 is 39.1 Å². The van der Waals surface area contributed by atoms with Crippen LogP contribution in [0.4, 0.5) is 0 Å². The number of pyridine rings is 1. The molecule has 178 valence electrons. The summed E-state index contributed by atoms with van der Waals surface area (Å²) < 4.78 is 3.61. The van der Waals surface area contributed by atoms with Crippen molar-refractivity contribution in [2.75, 3.05) is 13.6 Å². The van der Waals surface area contributed by atoms with Crippen LogP contribution in [0.3, 0.4) is 0 Å². The highest BCUT2D eigenvalue weighted by Gasteiger charge is 2.18. The highest BCUT2D eigenvalue weighted by atomic mass is 35.5. The molecule has 3 heterocycles. The first-order valence-corrected chi connectivity index (χ1v) is 11.9. The number of imidazole rings is 1. The molecule has 0 aliphatic rings. The number of carbonyl (C=O) groups excluding carboxylic acids is 1. The van der Waals surface area contributed by atoms with Crippen molar-refractivity contribution in [3.05, 3.63) is 86.0 Å². The number of aromatic nitrogens is 3. The smallest absolute Gasteiger partial charge is 0.257 e. The Bertz CT molecular complexity index is 1380. The maximum atomic E-state index is 13.1. The van der Waals surface area contributed by atoms with E-state index in [1.807, 2.05) is 48.8 Å². The number of benzene rings is 1. The molecule has 10 heteroatoms. The number of nitrogens with one attached hydrogen (secondary N) is 1. The summed E-state index contributed by atoms with van der Waals surface area (Å²) in [5, 5.41) is 14.4. The number of aliphatic hydroxyl groups is 1. The summed E-state index contributed by atoms with van der Waals surface area (Å²) in [7, 11) is 5.59. The van der Waals surface area contributed by atoms with Crippen LogP contribution in [0.1, 0.15) is 32.6 Å². The first kappa shape index (κ1) is 24.2. The minimum atomic E-state index is -0.706. The van der Waals surface area contributed by atoms with E-state index in [9.17, 15) is 14.7 Å². The zero-order chi connectivity index (χ0) is 24.4. The first-order chi connectivity index (χ1) is 16.2. The molecule has 0 spiro atoms. The van der Waals surface area contributed by atoms with Gasteiger partial charge in [-0.05, 0) is 30.8 Å². The van der Waals surface area contributed by atoms with Crippen LogP contribution in [-0.4, -0.2) is 43.6 Å². The summed E-state index contributed by atoms with van der Waals surface area (Å²) in [6.07, 6.45) is 4.32. The number of carbonyl (C=O) groups is 1. The molecule has 0 radical (unpaired) electrons. The Hall–Kier alpha value is -2.98.